The molecule has 20 heavy (non-hydrogen) atoms. The molecule has 0 saturated carbocycles. The molecule has 0 saturated heterocycles. The topological polar surface area (TPSA) is 99.5 Å². The standard InChI is InChI=1S/C9H12N2O4S.2C2H6/c1-5-11-6(8(16-5)9(14)15)4-7(13)10-2-3-12;2*1-2/h12H,2-4H2,1H3,(H,10,13)(H,14,15);2*1-2H3. The summed E-state index contributed by atoms with van der Waals surface area (Å²) in [5.74, 6) is -1.42. The molecule has 0 atom stereocenters. The highest BCUT2D eigenvalue weighted by molar-refractivity contribution is 7.13. The summed E-state index contributed by atoms with van der Waals surface area (Å²) in [5.41, 5.74) is 0.269. The van der Waals surface area contributed by atoms with Crippen LogP contribution >= 0.6 is 11.3 Å². The molecule has 1 rings (SSSR count). The lowest BCUT2D eigenvalue weighted by molar-refractivity contribution is -0.120. The van der Waals surface area contributed by atoms with Gasteiger partial charge in [0.15, 0.2) is 0 Å². The van der Waals surface area contributed by atoms with Gasteiger partial charge in [-0.3, -0.25) is 4.79 Å². The predicted octanol–water partition coefficient (Wildman–Crippen LogP) is 1.85. The highest BCUT2D eigenvalue weighted by Gasteiger charge is 2.17. The van der Waals surface area contributed by atoms with Crippen LogP contribution in [0.5, 0.6) is 0 Å². The fourth-order valence-corrected chi connectivity index (χ4v) is 1.94. The Morgan fingerprint density at radius 2 is 1.80 bits per heavy atom. The van der Waals surface area contributed by atoms with Crippen molar-refractivity contribution in [3.63, 3.8) is 0 Å². The van der Waals surface area contributed by atoms with Gasteiger partial charge in [-0.2, -0.15) is 0 Å². The lowest BCUT2D eigenvalue weighted by Crippen LogP contribution is -2.28. The number of carboxylic acids is 1. The Kier molecular flexibility index (Phi) is 13.1. The van der Waals surface area contributed by atoms with Crippen LogP contribution in [-0.2, 0) is 11.2 Å². The maximum atomic E-state index is 11.3. The maximum absolute atomic E-state index is 11.3. The molecule has 6 nitrogen and oxygen atoms in total. The highest BCUT2D eigenvalue weighted by atomic mass is 32.1. The number of carboxylic acid groups (broad SMARTS) is 1. The Balaban J connectivity index is 0. The van der Waals surface area contributed by atoms with Gasteiger partial charge in [0.1, 0.15) is 4.88 Å². The van der Waals surface area contributed by atoms with Crippen LogP contribution < -0.4 is 5.32 Å². The molecule has 0 bridgehead atoms. The number of aliphatic hydroxyl groups excluding tert-OH is 1. The van der Waals surface area contributed by atoms with E-state index in [0.29, 0.717) is 5.01 Å². The second-order valence-electron chi connectivity index (χ2n) is 3.06. The molecule has 0 aliphatic heterocycles. The number of aromatic carboxylic acids is 1. The molecule has 0 aliphatic carbocycles. The number of carbonyl (C=O) groups is 2. The van der Waals surface area contributed by atoms with Crippen molar-refractivity contribution in [2.75, 3.05) is 13.2 Å². The predicted molar refractivity (Wildman–Crippen MR) is 80.3 cm³/mol. The summed E-state index contributed by atoms with van der Waals surface area (Å²) in [7, 11) is 0. The van der Waals surface area contributed by atoms with Crippen LogP contribution in [0.15, 0.2) is 0 Å². The van der Waals surface area contributed by atoms with Gasteiger partial charge in [-0.15, -0.1) is 11.3 Å². The second-order valence-corrected chi connectivity index (χ2v) is 4.27. The van der Waals surface area contributed by atoms with E-state index in [1.807, 2.05) is 27.7 Å². The lowest BCUT2D eigenvalue weighted by atomic mass is 10.2. The van der Waals surface area contributed by atoms with Gasteiger partial charge in [0.25, 0.3) is 0 Å². The number of nitrogens with one attached hydrogen (secondary N) is 1. The van der Waals surface area contributed by atoms with E-state index in [2.05, 4.69) is 10.3 Å². The third-order valence-electron chi connectivity index (χ3n) is 1.76. The highest BCUT2D eigenvalue weighted by Crippen LogP contribution is 2.18. The van der Waals surface area contributed by atoms with E-state index >= 15 is 0 Å². The van der Waals surface area contributed by atoms with Crippen molar-refractivity contribution in [3.05, 3.63) is 15.6 Å². The molecule has 3 N–H and O–H groups in total. The molecular formula is C13H24N2O4S. The monoisotopic (exact) mass is 304 g/mol. The minimum absolute atomic E-state index is 0.0774. The van der Waals surface area contributed by atoms with Crippen LogP contribution in [0.1, 0.15) is 48.1 Å². The first-order valence-corrected chi connectivity index (χ1v) is 7.43. The van der Waals surface area contributed by atoms with Crippen molar-refractivity contribution in [3.8, 4) is 0 Å². The zero-order valence-electron chi connectivity index (χ0n) is 12.7. The summed E-state index contributed by atoms with van der Waals surface area (Å²) in [6.45, 7) is 9.70. The van der Waals surface area contributed by atoms with Crippen molar-refractivity contribution in [1.82, 2.24) is 10.3 Å². The molecule has 0 unspecified atom stereocenters. The van der Waals surface area contributed by atoms with Gasteiger partial charge in [-0.05, 0) is 6.92 Å². The van der Waals surface area contributed by atoms with Gasteiger partial charge in [-0.1, -0.05) is 27.7 Å². The van der Waals surface area contributed by atoms with Crippen LogP contribution in [0.4, 0.5) is 0 Å². The number of rotatable bonds is 5. The van der Waals surface area contributed by atoms with Gasteiger partial charge in [0, 0.05) is 6.54 Å². The smallest absolute Gasteiger partial charge is 0.347 e. The summed E-state index contributed by atoms with van der Waals surface area (Å²) in [6.07, 6.45) is -0.0774. The summed E-state index contributed by atoms with van der Waals surface area (Å²) >= 11 is 1.05. The molecule has 1 aromatic rings. The molecule has 1 amide bonds. The van der Waals surface area contributed by atoms with Gasteiger partial charge in [0.2, 0.25) is 5.91 Å². The summed E-state index contributed by atoms with van der Waals surface area (Å²) in [5, 5.41) is 20.4. The number of amides is 1. The maximum Gasteiger partial charge on any atom is 0.347 e. The molecule has 7 heteroatoms. The normalized spacial score (nSPS) is 8.70. The van der Waals surface area contributed by atoms with Crippen molar-refractivity contribution < 1.29 is 19.8 Å². The molecule has 0 fully saturated rings. The van der Waals surface area contributed by atoms with E-state index in [4.69, 9.17) is 10.2 Å². The first-order valence-electron chi connectivity index (χ1n) is 6.61. The van der Waals surface area contributed by atoms with E-state index < -0.39 is 5.97 Å². The van der Waals surface area contributed by atoms with Gasteiger partial charge >= 0.3 is 5.97 Å². The Morgan fingerprint density at radius 1 is 1.25 bits per heavy atom. The Morgan fingerprint density at radius 3 is 2.25 bits per heavy atom. The van der Waals surface area contributed by atoms with Gasteiger partial charge < -0.3 is 15.5 Å². The second kappa shape index (κ2) is 12.6. The van der Waals surface area contributed by atoms with Gasteiger partial charge in [-0.25, -0.2) is 9.78 Å². The molecular weight excluding hydrogens is 280 g/mol. The molecule has 0 aromatic carbocycles. The van der Waals surface area contributed by atoms with Crippen LogP contribution in [0, 0.1) is 6.92 Å². The van der Waals surface area contributed by atoms with Crippen molar-refractivity contribution >= 4 is 23.2 Å². The van der Waals surface area contributed by atoms with E-state index in [-0.39, 0.29) is 36.1 Å². The summed E-state index contributed by atoms with van der Waals surface area (Å²) in [4.78, 5) is 26.2. The van der Waals surface area contributed by atoms with Crippen molar-refractivity contribution in [1.29, 1.82) is 0 Å². The average Bonchev–Trinajstić information content (AvgIpc) is 2.82. The zero-order chi connectivity index (χ0) is 16.1. The fourth-order valence-electron chi connectivity index (χ4n) is 1.17. The summed E-state index contributed by atoms with van der Waals surface area (Å²) < 4.78 is 0. The number of aryl methyl sites for hydroxylation is 1. The Labute approximate surface area is 123 Å². The summed E-state index contributed by atoms with van der Waals surface area (Å²) in [6, 6.07) is 0. The van der Waals surface area contributed by atoms with Crippen LogP contribution in [0.3, 0.4) is 0 Å². The minimum Gasteiger partial charge on any atom is -0.477 e. The van der Waals surface area contributed by atoms with Crippen molar-refractivity contribution in [2.24, 2.45) is 0 Å². The number of aromatic nitrogens is 1. The first-order chi connectivity index (χ1) is 9.54. The minimum atomic E-state index is -1.07. The molecule has 116 valence electrons. The Bertz CT molecular complexity index is 405. The van der Waals surface area contributed by atoms with Crippen LogP contribution in [0.25, 0.3) is 0 Å². The molecule has 1 aromatic heterocycles. The number of hydrogen-bond acceptors (Lipinski definition) is 5. The van der Waals surface area contributed by atoms with Gasteiger partial charge in [0.05, 0.1) is 23.7 Å². The third kappa shape index (κ3) is 7.85. The first kappa shape index (κ1) is 20.8. The van der Waals surface area contributed by atoms with Crippen LogP contribution in [0.2, 0.25) is 0 Å². The van der Waals surface area contributed by atoms with E-state index in [1.165, 1.54) is 0 Å². The fraction of sp³-hybridized carbons (Fsp3) is 0.615. The molecule has 0 radical (unpaired) electrons. The number of nitrogens with zero attached hydrogens (tertiary/aromatic N) is 1. The molecule has 0 aliphatic rings. The molecule has 1 heterocycles. The number of hydrogen-bond donors (Lipinski definition) is 3. The lowest BCUT2D eigenvalue weighted by Gasteiger charge is -2.01. The van der Waals surface area contributed by atoms with Crippen LogP contribution in [-0.4, -0.2) is 40.2 Å². The number of aliphatic hydroxyl groups is 1. The largest absolute Gasteiger partial charge is 0.477 e. The third-order valence-corrected chi connectivity index (χ3v) is 2.76. The quantitative estimate of drug-likeness (QED) is 0.771. The molecule has 0 spiro atoms. The number of carbonyl (C=O) groups excluding carboxylic acids is 1. The zero-order valence-corrected chi connectivity index (χ0v) is 13.5. The van der Waals surface area contributed by atoms with E-state index in [0.717, 1.165) is 11.3 Å². The number of thiazole rings is 1. The van der Waals surface area contributed by atoms with Crippen molar-refractivity contribution in [2.45, 2.75) is 41.0 Å². The van der Waals surface area contributed by atoms with E-state index in [1.54, 1.807) is 6.92 Å². The Hall–Kier alpha value is -1.47. The average molecular weight is 304 g/mol. The van der Waals surface area contributed by atoms with E-state index in [9.17, 15) is 9.59 Å². The SMILES string of the molecule is CC.CC.Cc1nc(CC(=O)NCCO)c(C(=O)O)s1.